The number of nitrogens with one attached hydrogen (secondary N) is 1. The van der Waals surface area contributed by atoms with Gasteiger partial charge in [0.15, 0.2) is 0 Å². The van der Waals surface area contributed by atoms with Crippen LogP contribution in [0, 0.1) is 5.82 Å². The minimum absolute atomic E-state index is 0.0591. The van der Waals surface area contributed by atoms with Gasteiger partial charge in [-0.05, 0) is 32.0 Å². The van der Waals surface area contributed by atoms with Crippen LogP contribution < -0.4 is 5.32 Å². The van der Waals surface area contributed by atoms with E-state index in [4.69, 9.17) is 11.6 Å². The zero-order valence-electron chi connectivity index (χ0n) is 10.4. The standard InChI is InChI=1S/C13H16ClFN2O/c1-8-7-17(9(2)6-16-8)13(18)11-4-3-10(14)5-12(11)15/h3-5,8-9,16H,6-7H2,1-2H3. The molecule has 2 rings (SSSR count). The van der Waals surface area contributed by atoms with Crippen LogP contribution in [-0.4, -0.2) is 36.0 Å². The van der Waals surface area contributed by atoms with Crippen molar-refractivity contribution in [2.75, 3.05) is 13.1 Å². The first kappa shape index (κ1) is 13.3. The van der Waals surface area contributed by atoms with E-state index >= 15 is 0 Å². The van der Waals surface area contributed by atoms with Gasteiger partial charge in [0.25, 0.3) is 5.91 Å². The molecule has 2 atom stereocenters. The Morgan fingerprint density at radius 2 is 2.22 bits per heavy atom. The lowest BCUT2D eigenvalue weighted by Crippen LogP contribution is -2.56. The van der Waals surface area contributed by atoms with Gasteiger partial charge in [0.05, 0.1) is 5.56 Å². The van der Waals surface area contributed by atoms with Gasteiger partial charge in [0.1, 0.15) is 5.82 Å². The van der Waals surface area contributed by atoms with Crippen molar-refractivity contribution >= 4 is 17.5 Å². The molecule has 0 spiro atoms. The fourth-order valence-corrected chi connectivity index (χ4v) is 2.28. The number of nitrogens with zero attached hydrogens (tertiary/aromatic N) is 1. The van der Waals surface area contributed by atoms with Crippen molar-refractivity contribution in [3.63, 3.8) is 0 Å². The normalized spacial score (nSPS) is 24.1. The summed E-state index contributed by atoms with van der Waals surface area (Å²) in [5.41, 5.74) is 0.0837. The summed E-state index contributed by atoms with van der Waals surface area (Å²) in [7, 11) is 0. The zero-order valence-corrected chi connectivity index (χ0v) is 11.2. The summed E-state index contributed by atoms with van der Waals surface area (Å²) in [6, 6.07) is 4.43. The van der Waals surface area contributed by atoms with Gasteiger partial charge in [-0.1, -0.05) is 11.6 Å². The molecule has 3 nitrogen and oxygen atoms in total. The summed E-state index contributed by atoms with van der Waals surface area (Å²) in [5.74, 6) is -0.837. The van der Waals surface area contributed by atoms with E-state index in [1.54, 1.807) is 4.90 Å². The second kappa shape index (κ2) is 5.24. The van der Waals surface area contributed by atoms with Crippen LogP contribution >= 0.6 is 11.6 Å². The predicted octanol–water partition coefficient (Wildman–Crippen LogP) is 2.30. The van der Waals surface area contributed by atoms with E-state index in [9.17, 15) is 9.18 Å². The molecular formula is C13H16ClFN2O. The molecule has 18 heavy (non-hydrogen) atoms. The van der Waals surface area contributed by atoms with Gasteiger partial charge in [-0.15, -0.1) is 0 Å². The molecule has 1 fully saturated rings. The van der Waals surface area contributed by atoms with E-state index in [2.05, 4.69) is 5.32 Å². The number of halogens is 2. The largest absolute Gasteiger partial charge is 0.333 e. The average molecular weight is 271 g/mol. The van der Waals surface area contributed by atoms with Gasteiger partial charge in [0, 0.05) is 30.2 Å². The SMILES string of the molecule is CC1CN(C(=O)c2ccc(Cl)cc2F)C(C)CN1. The number of piperazine rings is 1. The number of hydrogen-bond donors (Lipinski definition) is 1. The molecule has 98 valence electrons. The highest BCUT2D eigenvalue weighted by atomic mass is 35.5. The third-order valence-corrected chi connectivity index (χ3v) is 3.42. The Morgan fingerprint density at radius 1 is 1.50 bits per heavy atom. The maximum absolute atomic E-state index is 13.7. The highest BCUT2D eigenvalue weighted by Gasteiger charge is 2.28. The van der Waals surface area contributed by atoms with Crippen molar-refractivity contribution in [3.05, 3.63) is 34.6 Å². The summed E-state index contributed by atoms with van der Waals surface area (Å²) in [5, 5.41) is 3.58. The molecule has 2 unspecified atom stereocenters. The number of rotatable bonds is 1. The minimum atomic E-state index is -0.564. The van der Waals surface area contributed by atoms with Crippen LogP contribution in [0.4, 0.5) is 4.39 Å². The van der Waals surface area contributed by atoms with Gasteiger partial charge in [0.2, 0.25) is 0 Å². The summed E-state index contributed by atoms with van der Waals surface area (Å²) >= 11 is 5.68. The lowest BCUT2D eigenvalue weighted by Gasteiger charge is -2.37. The van der Waals surface area contributed by atoms with Crippen LogP contribution in [0.3, 0.4) is 0 Å². The van der Waals surface area contributed by atoms with Crippen molar-refractivity contribution in [2.24, 2.45) is 0 Å². The van der Waals surface area contributed by atoms with E-state index < -0.39 is 5.82 Å². The van der Waals surface area contributed by atoms with Crippen molar-refractivity contribution in [1.82, 2.24) is 10.2 Å². The average Bonchev–Trinajstić information content (AvgIpc) is 2.31. The summed E-state index contributed by atoms with van der Waals surface area (Å²) in [4.78, 5) is 14.0. The number of carbonyl (C=O) groups excluding carboxylic acids is 1. The maximum atomic E-state index is 13.7. The Labute approximate surface area is 111 Å². The Bertz CT molecular complexity index is 466. The lowest BCUT2D eigenvalue weighted by atomic mass is 10.1. The van der Waals surface area contributed by atoms with Crippen LogP contribution in [0.5, 0.6) is 0 Å². The molecule has 0 aromatic heterocycles. The molecule has 0 radical (unpaired) electrons. The third-order valence-electron chi connectivity index (χ3n) is 3.19. The molecule has 1 aliphatic rings. The Hall–Kier alpha value is -1.13. The first-order valence-corrected chi connectivity index (χ1v) is 6.36. The van der Waals surface area contributed by atoms with E-state index in [-0.39, 0.29) is 23.6 Å². The second-order valence-corrected chi connectivity index (χ2v) is 5.18. The molecule has 1 amide bonds. The second-order valence-electron chi connectivity index (χ2n) is 4.74. The number of amides is 1. The maximum Gasteiger partial charge on any atom is 0.257 e. The minimum Gasteiger partial charge on any atom is -0.333 e. The van der Waals surface area contributed by atoms with Crippen LogP contribution in [-0.2, 0) is 0 Å². The first-order valence-electron chi connectivity index (χ1n) is 5.98. The first-order chi connectivity index (χ1) is 8.49. The van der Waals surface area contributed by atoms with E-state index in [0.29, 0.717) is 11.6 Å². The molecule has 5 heteroatoms. The van der Waals surface area contributed by atoms with Gasteiger partial charge < -0.3 is 10.2 Å². The van der Waals surface area contributed by atoms with Crippen molar-refractivity contribution in [2.45, 2.75) is 25.9 Å². The smallest absolute Gasteiger partial charge is 0.257 e. The molecule has 1 aromatic rings. The molecule has 1 N–H and O–H groups in total. The van der Waals surface area contributed by atoms with Crippen LogP contribution in [0.25, 0.3) is 0 Å². The molecular weight excluding hydrogens is 255 g/mol. The van der Waals surface area contributed by atoms with Gasteiger partial charge >= 0.3 is 0 Å². The van der Waals surface area contributed by atoms with E-state index in [0.717, 1.165) is 6.54 Å². The predicted molar refractivity (Wildman–Crippen MR) is 69.4 cm³/mol. The molecule has 1 aromatic carbocycles. The monoisotopic (exact) mass is 270 g/mol. The Balaban J connectivity index is 2.24. The van der Waals surface area contributed by atoms with Gasteiger partial charge in [-0.3, -0.25) is 4.79 Å². The van der Waals surface area contributed by atoms with E-state index in [1.165, 1.54) is 18.2 Å². The Morgan fingerprint density at radius 3 is 2.89 bits per heavy atom. The fourth-order valence-electron chi connectivity index (χ4n) is 2.12. The highest BCUT2D eigenvalue weighted by Crippen LogP contribution is 2.18. The number of carbonyl (C=O) groups is 1. The van der Waals surface area contributed by atoms with Crippen molar-refractivity contribution in [1.29, 1.82) is 0 Å². The summed E-state index contributed by atoms with van der Waals surface area (Å²) in [6.45, 7) is 5.26. The Kier molecular flexibility index (Phi) is 3.88. The zero-order chi connectivity index (χ0) is 13.3. The van der Waals surface area contributed by atoms with E-state index in [1.807, 2.05) is 13.8 Å². The quantitative estimate of drug-likeness (QED) is 0.849. The molecule has 1 saturated heterocycles. The third kappa shape index (κ3) is 2.65. The molecule has 1 heterocycles. The van der Waals surface area contributed by atoms with Crippen LogP contribution in [0.2, 0.25) is 5.02 Å². The summed E-state index contributed by atoms with van der Waals surface area (Å²) in [6.07, 6.45) is 0. The van der Waals surface area contributed by atoms with Crippen LogP contribution in [0.1, 0.15) is 24.2 Å². The molecule has 0 bridgehead atoms. The topological polar surface area (TPSA) is 32.3 Å². The molecule has 1 aliphatic heterocycles. The van der Waals surface area contributed by atoms with Crippen LogP contribution in [0.15, 0.2) is 18.2 Å². The van der Waals surface area contributed by atoms with Gasteiger partial charge in [-0.2, -0.15) is 0 Å². The molecule has 0 saturated carbocycles. The number of benzene rings is 1. The molecule has 0 aliphatic carbocycles. The summed E-state index contributed by atoms with van der Waals surface area (Å²) < 4.78 is 13.7. The lowest BCUT2D eigenvalue weighted by molar-refractivity contribution is 0.0611. The highest BCUT2D eigenvalue weighted by molar-refractivity contribution is 6.30. The van der Waals surface area contributed by atoms with Gasteiger partial charge in [-0.25, -0.2) is 4.39 Å². The fraction of sp³-hybridized carbons (Fsp3) is 0.462. The number of hydrogen-bond acceptors (Lipinski definition) is 2. The van der Waals surface area contributed by atoms with Crippen molar-refractivity contribution < 1.29 is 9.18 Å². The van der Waals surface area contributed by atoms with Crippen molar-refractivity contribution in [3.8, 4) is 0 Å².